The summed E-state index contributed by atoms with van der Waals surface area (Å²) in [5, 5.41) is 4.57. The van der Waals surface area contributed by atoms with Crippen molar-refractivity contribution in [1.82, 2.24) is 14.8 Å². The molecule has 1 aromatic carbocycles. The molecule has 0 saturated carbocycles. The van der Waals surface area contributed by atoms with E-state index in [9.17, 15) is 4.39 Å². The summed E-state index contributed by atoms with van der Waals surface area (Å²) in [7, 11) is 1.92. The highest BCUT2D eigenvalue weighted by molar-refractivity contribution is 5.60. The Hall–Kier alpha value is -2.49. The van der Waals surface area contributed by atoms with Crippen molar-refractivity contribution in [3.8, 4) is 11.3 Å². The van der Waals surface area contributed by atoms with Gasteiger partial charge < -0.3 is 0 Å². The molecule has 3 rings (SSSR count). The molecule has 0 saturated heterocycles. The second kappa shape index (κ2) is 5.37. The molecule has 0 aliphatic carbocycles. The standard InChI is InChI=1S/C18H18FN3/c1-18(2,16-6-4-5-11-20-16)17-12-15(21-22(17)3)13-7-9-14(19)10-8-13/h4-12H,1-3H3. The smallest absolute Gasteiger partial charge is 0.123 e. The summed E-state index contributed by atoms with van der Waals surface area (Å²) in [6.45, 7) is 4.25. The zero-order chi connectivity index (χ0) is 15.7. The number of benzene rings is 1. The third-order valence-electron chi connectivity index (χ3n) is 3.97. The molecule has 2 aromatic heterocycles. The maximum absolute atomic E-state index is 13.1. The minimum absolute atomic E-state index is 0.242. The van der Waals surface area contributed by atoms with E-state index < -0.39 is 0 Å². The van der Waals surface area contributed by atoms with E-state index in [4.69, 9.17) is 0 Å². The summed E-state index contributed by atoms with van der Waals surface area (Å²) >= 11 is 0. The Kier molecular flexibility index (Phi) is 3.53. The van der Waals surface area contributed by atoms with Crippen LogP contribution in [0.25, 0.3) is 11.3 Å². The van der Waals surface area contributed by atoms with E-state index in [0.717, 1.165) is 22.6 Å². The van der Waals surface area contributed by atoms with Crippen molar-refractivity contribution in [3.05, 3.63) is 71.9 Å². The van der Waals surface area contributed by atoms with Gasteiger partial charge in [0.25, 0.3) is 0 Å². The number of rotatable bonds is 3. The molecular formula is C18H18FN3. The van der Waals surface area contributed by atoms with Crippen LogP contribution in [-0.4, -0.2) is 14.8 Å². The van der Waals surface area contributed by atoms with E-state index in [0.29, 0.717) is 0 Å². The van der Waals surface area contributed by atoms with Crippen molar-refractivity contribution in [3.63, 3.8) is 0 Å². The lowest BCUT2D eigenvalue weighted by Gasteiger charge is -2.24. The molecule has 0 unspecified atom stereocenters. The van der Waals surface area contributed by atoms with Crippen molar-refractivity contribution < 1.29 is 4.39 Å². The molecule has 0 spiro atoms. The zero-order valence-corrected chi connectivity index (χ0v) is 12.9. The lowest BCUT2D eigenvalue weighted by atomic mass is 9.84. The second-order valence-corrected chi connectivity index (χ2v) is 5.89. The zero-order valence-electron chi connectivity index (χ0n) is 12.9. The van der Waals surface area contributed by atoms with Crippen LogP contribution >= 0.6 is 0 Å². The van der Waals surface area contributed by atoms with Crippen LogP contribution in [0.2, 0.25) is 0 Å². The van der Waals surface area contributed by atoms with Crippen LogP contribution in [0.15, 0.2) is 54.7 Å². The first-order valence-electron chi connectivity index (χ1n) is 7.20. The van der Waals surface area contributed by atoms with Gasteiger partial charge in [0, 0.05) is 24.2 Å². The molecule has 22 heavy (non-hydrogen) atoms. The SMILES string of the molecule is Cn1nc(-c2ccc(F)cc2)cc1C(C)(C)c1ccccn1. The van der Waals surface area contributed by atoms with Gasteiger partial charge in [-0.1, -0.05) is 6.07 Å². The molecule has 3 nitrogen and oxygen atoms in total. The van der Waals surface area contributed by atoms with Crippen LogP contribution in [0, 0.1) is 5.82 Å². The van der Waals surface area contributed by atoms with E-state index in [1.54, 1.807) is 18.3 Å². The molecule has 0 aliphatic rings. The van der Waals surface area contributed by atoms with E-state index >= 15 is 0 Å². The van der Waals surface area contributed by atoms with Gasteiger partial charge in [-0.25, -0.2) is 4.39 Å². The fourth-order valence-electron chi connectivity index (χ4n) is 2.68. The Morgan fingerprint density at radius 1 is 1.05 bits per heavy atom. The molecule has 0 N–H and O–H groups in total. The minimum atomic E-state index is -0.263. The molecule has 4 heteroatoms. The normalized spacial score (nSPS) is 11.6. The molecule has 0 atom stereocenters. The Balaban J connectivity index is 2.04. The maximum atomic E-state index is 13.1. The first kappa shape index (κ1) is 14.4. The van der Waals surface area contributed by atoms with Gasteiger partial charge in [-0.2, -0.15) is 5.10 Å². The summed E-state index contributed by atoms with van der Waals surface area (Å²) < 4.78 is 14.9. The third kappa shape index (κ3) is 2.52. The van der Waals surface area contributed by atoms with E-state index in [1.165, 1.54) is 12.1 Å². The summed E-state index contributed by atoms with van der Waals surface area (Å²) in [5.74, 6) is -0.242. The minimum Gasteiger partial charge on any atom is -0.271 e. The number of halogens is 1. The van der Waals surface area contributed by atoms with Gasteiger partial charge in [0.2, 0.25) is 0 Å². The van der Waals surface area contributed by atoms with Crippen LogP contribution in [0.4, 0.5) is 4.39 Å². The predicted octanol–water partition coefficient (Wildman–Crippen LogP) is 3.95. The molecule has 0 amide bonds. The van der Waals surface area contributed by atoms with Crippen molar-refractivity contribution in [2.45, 2.75) is 19.3 Å². The van der Waals surface area contributed by atoms with Gasteiger partial charge >= 0.3 is 0 Å². The van der Waals surface area contributed by atoms with Gasteiger partial charge in [-0.05, 0) is 56.3 Å². The highest BCUT2D eigenvalue weighted by atomic mass is 19.1. The highest BCUT2D eigenvalue weighted by Crippen LogP contribution is 2.32. The topological polar surface area (TPSA) is 30.7 Å². The maximum Gasteiger partial charge on any atom is 0.123 e. The lowest BCUT2D eigenvalue weighted by Crippen LogP contribution is -2.23. The Morgan fingerprint density at radius 2 is 1.77 bits per heavy atom. The fourth-order valence-corrected chi connectivity index (χ4v) is 2.68. The van der Waals surface area contributed by atoms with Gasteiger partial charge in [-0.3, -0.25) is 9.67 Å². The molecule has 0 bridgehead atoms. The van der Waals surface area contributed by atoms with Crippen LogP contribution in [0.5, 0.6) is 0 Å². The Labute approximate surface area is 129 Å². The lowest BCUT2D eigenvalue weighted by molar-refractivity contribution is 0.545. The highest BCUT2D eigenvalue weighted by Gasteiger charge is 2.28. The van der Waals surface area contributed by atoms with E-state index in [-0.39, 0.29) is 11.2 Å². The van der Waals surface area contributed by atoms with Crippen LogP contribution in [0.1, 0.15) is 25.2 Å². The number of aromatic nitrogens is 3. The van der Waals surface area contributed by atoms with Crippen molar-refractivity contribution in [1.29, 1.82) is 0 Å². The Bertz CT molecular complexity index is 774. The molecule has 112 valence electrons. The van der Waals surface area contributed by atoms with Crippen LogP contribution < -0.4 is 0 Å². The number of pyridine rings is 1. The molecule has 3 aromatic rings. The largest absolute Gasteiger partial charge is 0.271 e. The van der Waals surface area contributed by atoms with Crippen molar-refractivity contribution in [2.24, 2.45) is 7.05 Å². The summed E-state index contributed by atoms with van der Waals surface area (Å²) in [6.07, 6.45) is 1.80. The van der Waals surface area contributed by atoms with Gasteiger partial charge in [0.05, 0.1) is 17.1 Å². The molecule has 0 fully saturated rings. The number of nitrogens with zero attached hydrogens (tertiary/aromatic N) is 3. The number of hydrogen-bond acceptors (Lipinski definition) is 2. The average molecular weight is 295 g/mol. The van der Waals surface area contributed by atoms with Gasteiger partial charge in [-0.15, -0.1) is 0 Å². The third-order valence-corrected chi connectivity index (χ3v) is 3.97. The van der Waals surface area contributed by atoms with Gasteiger partial charge in [0.15, 0.2) is 0 Å². The molecule has 0 radical (unpaired) electrons. The molecule has 0 aliphatic heterocycles. The van der Waals surface area contributed by atoms with E-state index in [1.807, 2.05) is 36.0 Å². The van der Waals surface area contributed by atoms with Crippen molar-refractivity contribution >= 4 is 0 Å². The number of hydrogen-bond donors (Lipinski definition) is 0. The number of aryl methyl sites for hydroxylation is 1. The summed E-state index contributed by atoms with van der Waals surface area (Å²) in [5.41, 5.74) is 3.53. The van der Waals surface area contributed by atoms with Crippen LogP contribution in [-0.2, 0) is 12.5 Å². The predicted molar refractivity (Wildman–Crippen MR) is 85.0 cm³/mol. The first-order valence-corrected chi connectivity index (χ1v) is 7.20. The van der Waals surface area contributed by atoms with Gasteiger partial charge in [0.1, 0.15) is 5.82 Å². The average Bonchev–Trinajstić information content (AvgIpc) is 2.91. The van der Waals surface area contributed by atoms with Crippen LogP contribution in [0.3, 0.4) is 0 Å². The van der Waals surface area contributed by atoms with E-state index in [2.05, 4.69) is 23.9 Å². The quantitative estimate of drug-likeness (QED) is 0.732. The summed E-state index contributed by atoms with van der Waals surface area (Å²) in [6, 6.07) is 14.4. The second-order valence-electron chi connectivity index (χ2n) is 5.89. The fraction of sp³-hybridized carbons (Fsp3) is 0.222. The Morgan fingerprint density at radius 3 is 2.41 bits per heavy atom. The van der Waals surface area contributed by atoms with Crippen molar-refractivity contribution in [2.75, 3.05) is 0 Å². The molecule has 2 heterocycles. The monoisotopic (exact) mass is 295 g/mol. The summed E-state index contributed by atoms with van der Waals surface area (Å²) in [4.78, 5) is 4.47. The first-order chi connectivity index (χ1) is 10.5. The molecular weight excluding hydrogens is 277 g/mol.